The quantitative estimate of drug-likeness (QED) is 0.524. The number of rotatable bonds is 4. The molecule has 1 aliphatic heterocycles. The van der Waals surface area contributed by atoms with Crippen molar-refractivity contribution in [1.29, 1.82) is 0 Å². The molecule has 0 spiro atoms. The van der Waals surface area contributed by atoms with Crippen LogP contribution < -0.4 is 0 Å². The molecule has 1 aromatic carbocycles. The number of aliphatic carboxylic acids is 1. The van der Waals surface area contributed by atoms with Gasteiger partial charge in [-0.25, -0.2) is 9.59 Å². The van der Waals surface area contributed by atoms with Crippen LogP contribution in [0.5, 0.6) is 0 Å². The molecule has 0 bridgehead atoms. The van der Waals surface area contributed by atoms with Crippen LogP contribution in [-0.2, 0) is 25.6 Å². The van der Waals surface area contributed by atoms with E-state index >= 15 is 0 Å². The lowest BCUT2D eigenvalue weighted by molar-refractivity contribution is -0.282. The number of aliphatic hydroxyl groups is 3. The molecule has 1 heterocycles. The van der Waals surface area contributed by atoms with Crippen molar-refractivity contribution in [3.05, 3.63) is 35.9 Å². The van der Waals surface area contributed by atoms with Crippen molar-refractivity contribution in [2.24, 2.45) is 0 Å². The molecule has 1 saturated heterocycles. The minimum absolute atomic E-state index is 0.101. The van der Waals surface area contributed by atoms with Gasteiger partial charge >= 0.3 is 12.1 Å². The Kier molecular flexibility index (Phi) is 5.50. The van der Waals surface area contributed by atoms with E-state index in [9.17, 15) is 24.9 Å². The first-order chi connectivity index (χ1) is 10.9. The molecule has 5 atom stereocenters. The van der Waals surface area contributed by atoms with Gasteiger partial charge in [-0.1, -0.05) is 30.3 Å². The molecule has 23 heavy (non-hydrogen) atoms. The van der Waals surface area contributed by atoms with Crippen molar-refractivity contribution in [3.63, 3.8) is 0 Å². The summed E-state index contributed by atoms with van der Waals surface area (Å²) >= 11 is 0. The molecule has 0 radical (unpaired) electrons. The van der Waals surface area contributed by atoms with E-state index < -0.39 is 42.8 Å². The van der Waals surface area contributed by atoms with Crippen LogP contribution >= 0.6 is 0 Å². The Morgan fingerprint density at radius 3 is 2.30 bits per heavy atom. The van der Waals surface area contributed by atoms with E-state index in [1.165, 1.54) is 0 Å². The average Bonchev–Trinajstić information content (AvgIpc) is 2.54. The van der Waals surface area contributed by atoms with E-state index in [1.54, 1.807) is 30.3 Å². The summed E-state index contributed by atoms with van der Waals surface area (Å²) in [5.41, 5.74) is 0.688. The van der Waals surface area contributed by atoms with E-state index in [1.807, 2.05) is 0 Å². The highest BCUT2D eigenvalue weighted by atomic mass is 16.8. The van der Waals surface area contributed by atoms with Gasteiger partial charge in [0.15, 0.2) is 6.10 Å². The topological polar surface area (TPSA) is 143 Å². The lowest BCUT2D eigenvalue weighted by Gasteiger charge is -2.37. The summed E-state index contributed by atoms with van der Waals surface area (Å²) in [6, 6.07) is 8.69. The number of carbonyl (C=O) groups is 2. The summed E-state index contributed by atoms with van der Waals surface area (Å²) in [4.78, 5) is 22.5. The zero-order valence-electron chi connectivity index (χ0n) is 11.8. The van der Waals surface area contributed by atoms with Gasteiger partial charge in [0.2, 0.25) is 6.29 Å². The Morgan fingerprint density at radius 2 is 1.70 bits per heavy atom. The fourth-order valence-corrected chi connectivity index (χ4v) is 1.99. The highest BCUT2D eigenvalue weighted by Crippen LogP contribution is 2.22. The zero-order chi connectivity index (χ0) is 17.0. The fraction of sp³-hybridized carbons (Fsp3) is 0.429. The number of aliphatic hydroxyl groups excluding tert-OH is 3. The van der Waals surface area contributed by atoms with Gasteiger partial charge in [-0.3, -0.25) is 0 Å². The standard InChI is InChI=1S/C14H16O9/c15-8-9(16)11(12(18)19)22-13(10(8)17)23-14(20)21-6-7-4-2-1-3-5-7/h1-5,8-11,13,15-17H,6H2,(H,18,19)/t8-,9-,10+,11-,13?/m0/s1. The molecule has 9 heteroatoms. The SMILES string of the molecule is O=C(OCc1ccccc1)OC1O[C@H](C(=O)O)[C@@H](O)[C@H](O)[C@H]1O. The molecule has 0 aliphatic carbocycles. The zero-order valence-corrected chi connectivity index (χ0v) is 11.8. The van der Waals surface area contributed by atoms with Crippen LogP contribution in [0.1, 0.15) is 5.56 Å². The highest BCUT2D eigenvalue weighted by Gasteiger charge is 2.48. The third kappa shape index (κ3) is 4.17. The lowest BCUT2D eigenvalue weighted by atomic mass is 9.99. The maximum absolute atomic E-state index is 11.6. The monoisotopic (exact) mass is 328 g/mol. The molecule has 4 N–H and O–H groups in total. The number of benzene rings is 1. The number of carbonyl (C=O) groups excluding carboxylic acids is 1. The molecule has 0 amide bonds. The van der Waals surface area contributed by atoms with Crippen molar-refractivity contribution in [1.82, 2.24) is 0 Å². The van der Waals surface area contributed by atoms with Gasteiger partial charge in [-0.15, -0.1) is 0 Å². The Balaban J connectivity index is 1.92. The van der Waals surface area contributed by atoms with Crippen LogP contribution in [0.2, 0.25) is 0 Å². The number of carboxylic acid groups (broad SMARTS) is 1. The Labute approximate surface area is 130 Å². The van der Waals surface area contributed by atoms with Gasteiger partial charge in [0, 0.05) is 0 Å². The predicted molar refractivity (Wildman–Crippen MR) is 72.0 cm³/mol. The molecule has 1 aromatic rings. The van der Waals surface area contributed by atoms with Crippen molar-refractivity contribution in [2.45, 2.75) is 37.3 Å². The maximum atomic E-state index is 11.6. The van der Waals surface area contributed by atoms with E-state index in [0.717, 1.165) is 0 Å². The van der Waals surface area contributed by atoms with Gasteiger partial charge in [0.1, 0.15) is 24.9 Å². The predicted octanol–water partition coefficient (Wildman–Crippen LogP) is -0.768. The van der Waals surface area contributed by atoms with Crippen molar-refractivity contribution in [3.8, 4) is 0 Å². The van der Waals surface area contributed by atoms with Crippen molar-refractivity contribution < 1.29 is 44.2 Å². The van der Waals surface area contributed by atoms with Crippen LogP contribution in [-0.4, -0.2) is 63.3 Å². The minimum atomic E-state index is -1.86. The van der Waals surface area contributed by atoms with E-state index in [2.05, 4.69) is 4.74 Å². The molecule has 1 aliphatic rings. The van der Waals surface area contributed by atoms with Gasteiger partial charge in [0.25, 0.3) is 0 Å². The van der Waals surface area contributed by atoms with Crippen LogP contribution in [0, 0.1) is 0 Å². The smallest absolute Gasteiger partial charge is 0.479 e. The molecule has 1 unspecified atom stereocenters. The summed E-state index contributed by atoms with van der Waals surface area (Å²) in [6.45, 7) is -0.101. The van der Waals surface area contributed by atoms with E-state index in [4.69, 9.17) is 14.6 Å². The molecule has 2 rings (SSSR count). The first-order valence-corrected chi connectivity index (χ1v) is 6.70. The van der Waals surface area contributed by atoms with E-state index in [-0.39, 0.29) is 6.61 Å². The molecule has 1 fully saturated rings. The van der Waals surface area contributed by atoms with Crippen LogP contribution in [0.3, 0.4) is 0 Å². The first kappa shape index (κ1) is 17.2. The number of carboxylic acids is 1. The molecule has 9 nitrogen and oxygen atoms in total. The molecule has 0 saturated carbocycles. The largest absolute Gasteiger partial charge is 0.511 e. The summed E-state index contributed by atoms with van der Waals surface area (Å²) in [7, 11) is 0. The lowest BCUT2D eigenvalue weighted by Crippen LogP contribution is -2.60. The summed E-state index contributed by atoms with van der Waals surface area (Å²) in [5.74, 6) is -1.57. The van der Waals surface area contributed by atoms with Gasteiger partial charge < -0.3 is 34.6 Å². The molecular weight excluding hydrogens is 312 g/mol. The first-order valence-electron chi connectivity index (χ1n) is 6.70. The molecular formula is C14H16O9. The van der Waals surface area contributed by atoms with Crippen LogP contribution in [0.15, 0.2) is 30.3 Å². The molecule has 126 valence electrons. The second-order valence-electron chi connectivity index (χ2n) is 4.88. The Morgan fingerprint density at radius 1 is 1.04 bits per heavy atom. The van der Waals surface area contributed by atoms with Gasteiger partial charge in [-0.2, -0.15) is 0 Å². The van der Waals surface area contributed by atoms with E-state index in [0.29, 0.717) is 5.56 Å². The van der Waals surface area contributed by atoms with Crippen molar-refractivity contribution >= 4 is 12.1 Å². The van der Waals surface area contributed by atoms with Crippen LogP contribution in [0.4, 0.5) is 4.79 Å². The average molecular weight is 328 g/mol. The second-order valence-corrected chi connectivity index (χ2v) is 4.88. The summed E-state index contributed by atoms with van der Waals surface area (Å²) in [5, 5.41) is 37.6. The third-order valence-electron chi connectivity index (χ3n) is 3.22. The number of hydrogen-bond acceptors (Lipinski definition) is 8. The minimum Gasteiger partial charge on any atom is -0.479 e. The number of hydrogen-bond donors (Lipinski definition) is 4. The third-order valence-corrected chi connectivity index (χ3v) is 3.22. The highest BCUT2D eigenvalue weighted by molar-refractivity contribution is 5.73. The second kappa shape index (κ2) is 7.38. The van der Waals surface area contributed by atoms with Crippen LogP contribution in [0.25, 0.3) is 0 Å². The summed E-state index contributed by atoms with van der Waals surface area (Å²) < 4.78 is 14.2. The Bertz CT molecular complexity index is 546. The molecule has 0 aromatic heterocycles. The fourth-order valence-electron chi connectivity index (χ4n) is 1.99. The number of ether oxygens (including phenoxy) is 3. The maximum Gasteiger partial charge on any atom is 0.511 e. The Hall–Kier alpha value is -2.20. The van der Waals surface area contributed by atoms with Gasteiger partial charge in [-0.05, 0) is 5.56 Å². The van der Waals surface area contributed by atoms with Gasteiger partial charge in [0.05, 0.1) is 0 Å². The normalized spacial score (nSPS) is 30.5. The summed E-state index contributed by atoms with van der Waals surface area (Å²) in [6.07, 6.45) is -10.4. The van der Waals surface area contributed by atoms with Crippen molar-refractivity contribution in [2.75, 3.05) is 0 Å².